The first kappa shape index (κ1) is 18.5. The van der Waals surface area contributed by atoms with E-state index in [-0.39, 0.29) is 23.6 Å². The molecule has 0 spiro atoms. The lowest BCUT2D eigenvalue weighted by molar-refractivity contribution is -0.125. The molecule has 0 fully saturated rings. The summed E-state index contributed by atoms with van der Waals surface area (Å²) in [5.41, 5.74) is 0.0471. The number of carbonyl (C=O) groups excluding carboxylic acids is 1. The summed E-state index contributed by atoms with van der Waals surface area (Å²) >= 11 is 0. The minimum atomic E-state index is -3.91. The summed E-state index contributed by atoms with van der Waals surface area (Å²) in [4.78, 5) is 11.3. The van der Waals surface area contributed by atoms with Crippen molar-refractivity contribution >= 4 is 15.9 Å². The maximum Gasteiger partial charge on any atom is 0.246 e. The van der Waals surface area contributed by atoms with Crippen molar-refractivity contribution in [3.05, 3.63) is 29.6 Å². The van der Waals surface area contributed by atoms with Gasteiger partial charge in [-0.3, -0.25) is 4.79 Å². The molecule has 124 valence electrons. The number of ether oxygens (including phenoxy) is 1. The summed E-state index contributed by atoms with van der Waals surface area (Å²) in [6.45, 7) is 2.32. The van der Waals surface area contributed by atoms with Crippen molar-refractivity contribution in [2.45, 2.75) is 37.6 Å². The van der Waals surface area contributed by atoms with E-state index in [4.69, 9.17) is 9.88 Å². The van der Waals surface area contributed by atoms with Crippen LogP contribution in [-0.4, -0.2) is 27.5 Å². The number of sulfonamides is 1. The lowest BCUT2D eigenvalue weighted by Gasteiger charge is -2.08. The number of unbranched alkanes of at least 4 members (excludes halogenated alkanes) is 2. The van der Waals surface area contributed by atoms with Gasteiger partial charge in [-0.15, -0.1) is 0 Å². The van der Waals surface area contributed by atoms with E-state index < -0.39 is 21.7 Å². The molecule has 6 nitrogen and oxygen atoms in total. The van der Waals surface area contributed by atoms with E-state index >= 15 is 0 Å². The number of hydrogen-bond acceptors (Lipinski definition) is 4. The van der Waals surface area contributed by atoms with Crippen LogP contribution >= 0.6 is 0 Å². The van der Waals surface area contributed by atoms with Crippen LogP contribution < -0.4 is 10.5 Å². The van der Waals surface area contributed by atoms with Crippen LogP contribution in [0.3, 0.4) is 0 Å². The Balaban J connectivity index is 2.49. The molecular weight excluding hydrogens is 311 g/mol. The average Bonchev–Trinajstić information content (AvgIpc) is 2.45. The topological polar surface area (TPSA) is 98.5 Å². The average molecular weight is 332 g/mol. The van der Waals surface area contributed by atoms with E-state index in [1.54, 1.807) is 0 Å². The molecule has 0 unspecified atom stereocenters. The van der Waals surface area contributed by atoms with Crippen molar-refractivity contribution in [1.29, 1.82) is 0 Å². The highest BCUT2D eigenvalue weighted by molar-refractivity contribution is 7.89. The molecule has 0 bridgehead atoms. The zero-order valence-corrected chi connectivity index (χ0v) is 13.3. The van der Waals surface area contributed by atoms with E-state index in [0.717, 1.165) is 37.5 Å². The molecule has 0 radical (unpaired) electrons. The molecule has 3 N–H and O–H groups in total. The first-order chi connectivity index (χ1) is 10.3. The van der Waals surface area contributed by atoms with Crippen LogP contribution in [0.4, 0.5) is 4.39 Å². The third kappa shape index (κ3) is 6.50. The zero-order chi connectivity index (χ0) is 16.6. The Kier molecular flexibility index (Phi) is 7.43. The Bertz CT molecular complexity index is 605. The van der Waals surface area contributed by atoms with Gasteiger partial charge in [0.2, 0.25) is 15.9 Å². The van der Waals surface area contributed by atoms with Crippen molar-refractivity contribution < 1.29 is 22.3 Å². The van der Waals surface area contributed by atoms with Crippen LogP contribution in [0.15, 0.2) is 23.1 Å². The zero-order valence-electron chi connectivity index (χ0n) is 12.5. The molecule has 0 heterocycles. The molecule has 0 atom stereocenters. The smallest absolute Gasteiger partial charge is 0.246 e. The number of nitrogens with one attached hydrogen (secondary N) is 1. The molecule has 8 heteroatoms. The van der Waals surface area contributed by atoms with E-state index in [1.165, 1.54) is 0 Å². The predicted molar refractivity (Wildman–Crippen MR) is 80.0 cm³/mol. The Morgan fingerprint density at radius 1 is 1.36 bits per heavy atom. The molecule has 0 aliphatic heterocycles. The highest BCUT2D eigenvalue weighted by atomic mass is 32.2. The van der Waals surface area contributed by atoms with Gasteiger partial charge in [0.15, 0.2) is 0 Å². The second kappa shape index (κ2) is 8.82. The number of halogens is 1. The molecule has 22 heavy (non-hydrogen) atoms. The largest absolute Gasteiger partial charge is 0.372 e. The van der Waals surface area contributed by atoms with Gasteiger partial charge in [0, 0.05) is 18.7 Å². The molecule has 1 aromatic rings. The van der Waals surface area contributed by atoms with Gasteiger partial charge in [-0.05, 0) is 24.6 Å². The summed E-state index contributed by atoms with van der Waals surface area (Å²) in [7, 11) is -3.91. The Hall–Kier alpha value is -1.51. The van der Waals surface area contributed by atoms with E-state index in [1.807, 2.05) is 0 Å². The minimum Gasteiger partial charge on any atom is -0.372 e. The summed E-state index contributed by atoms with van der Waals surface area (Å²) < 4.78 is 41.2. The van der Waals surface area contributed by atoms with E-state index in [2.05, 4.69) is 12.2 Å². The van der Waals surface area contributed by atoms with Crippen LogP contribution in [0.5, 0.6) is 0 Å². The Labute approximate surface area is 129 Å². The normalized spacial score (nSPS) is 11.4. The lowest BCUT2D eigenvalue weighted by atomic mass is 10.2. The summed E-state index contributed by atoms with van der Waals surface area (Å²) in [5, 5.41) is 7.45. The molecule has 1 aromatic carbocycles. The van der Waals surface area contributed by atoms with Gasteiger partial charge < -0.3 is 10.1 Å². The van der Waals surface area contributed by atoms with Crippen LogP contribution in [0, 0.1) is 5.82 Å². The standard InChI is InChI=1S/C14H21FN2O4S/c1-2-3-4-7-21-10-14(18)17-9-11-8-12(22(16,19)20)5-6-13(11)15/h5-6,8H,2-4,7,9-10H2,1H3,(H,17,18)(H2,16,19,20). The quantitative estimate of drug-likeness (QED) is 0.666. The van der Waals surface area contributed by atoms with Crippen molar-refractivity contribution in [3.8, 4) is 0 Å². The van der Waals surface area contributed by atoms with Crippen LogP contribution in [0.25, 0.3) is 0 Å². The molecular formula is C14H21FN2O4S. The molecule has 0 saturated carbocycles. The lowest BCUT2D eigenvalue weighted by Crippen LogP contribution is -2.27. The molecule has 0 aliphatic rings. The number of benzene rings is 1. The van der Waals surface area contributed by atoms with E-state index in [0.29, 0.717) is 6.61 Å². The third-order valence-corrected chi connectivity index (χ3v) is 3.86. The van der Waals surface area contributed by atoms with Gasteiger partial charge in [0.1, 0.15) is 12.4 Å². The number of carbonyl (C=O) groups is 1. The number of primary sulfonamides is 1. The maximum absolute atomic E-state index is 13.6. The fraction of sp³-hybridized carbons (Fsp3) is 0.500. The van der Waals surface area contributed by atoms with Gasteiger partial charge in [-0.1, -0.05) is 19.8 Å². The van der Waals surface area contributed by atoms with Gasteiger partial charge in [0.25, 0.3) is 0 Å². The molecule has 0 aliphatic carbocycles. The molecule has 0 saturated heterocycles. The van der Waals surface area contributed by atoms with Crippen LogP contribution in [0.2, 0.25) is 0 Å². The number of hydrogen-bond donors (Lipinski definition) is 2. The van der Waals surface area contributed by atoms with Crippen molar-refractivity contribution in [1.82, 2.24) is 5.32 Å². The highest BCUT2D eigenvalue weighted by Crippen LogP contribution is 2.13. The summed E-state index contributed by atoms with van der Waals surface area (Å²) in [5.74, 6) is -1.01. The SMILES string of the molecule is CCCCCOCC(=O)NCc1cc(S(N)(=O)=O)ccc1F. The van der Waals surface area contributed by atoms with E-state index in [9.17, 15) is 17.6 Å². The van der Waals surface area contributed by atoms with Gasteiger partial charge in [0.05, 0.1) is 4.90 Å². The Morgan fingerprint density at radius 3 is 2.73 bits per heavy atom. The molecule has 0 aromatic heterocycles. The first-order valence-electron chi connectivity index (χ1n) is 7.00. The number of amides is 1. The summed E-state index contributed by atoms with van der Waals surface area (Å²) in [6, 6.07) is 3.18. The second-order valence-electron chi connectivity index (χ2n) is 4.83. The van der Waals surface area contributed by atoms with Gasteiger partial charge >= 0.3 is 0 Å². The third-order valence-electron chi connectivity index (χ3n) is 2.95. The predicted octanol–water partition coefficient (Wildman–Crippen LogP) is 1.30. The van der Waals surface area contributed by atoms with Crippen molar-refractivity contribution in [2.24, 2.45) is 5.14 Å². The Morgan fingerprint density at radius 2 is 2.09 bits per heavy atom. The van der Waals surface area contributed by atoms with Crippen LogP contribution in [0.1, 0.15) is 31.7 Å². The molecule has 1 amide bonds. The maximum atomic E-state index is 13.6. The molecule has 1 rings (SSSR count). The summed E-state index contributed by atoms with van der Waals surface area (Å²) in [6.07, 6.45) is 2.98. The second-order valence-corrected chi connectivity index (χ2v) is 6.40. The number of rotatable bonds is 9. The van der Waals surface area contributed by atoms with Crippen molar-refractivity contribution in [2.75, 3.05) is 13.2 Å². The van der Waals surface area contributed by atoms with Gasteiger partial charge in [-0.25, -0.2) is 17.9 Å². The number of nitrogens with two attached hydrogens (primary N) is 1. The van der Waals surface area contributed by atoms with Gasteiger partial charge in [-0.2, -0.15) is 0 Å². The van der Waals surface area contributed by atoms with Crippen molar-refractivity contribution in [3.63, 3.8) is 0 Å². The first-order valence-corrected chi connectivity index (χ1v) is 8.55. The highest BCUT2D eigenvalue weighted by Gasteiger charge is 2.12. The monoisotopic (exact) mass is 332 g/mol. The minimum absolute atomic E-state index is 0.0471. The van der Waals surface area contributed by atoms with Crippen LogP contribution in [-0.2, 0) is 26.1 Å². The fourth-order valence-corrected chi connectivity index (χ4v) is 2.29. The fourth-order valence-electron chi connectivity index (χ4n) is 1.73.